The highest BCUT2D eigenvalue weighted by Gasteiger charge is 2.22. The highest BCUT2D eigenvalue weighted by Crippen LogP contribution is 2.27. The van der Waals surface area contributed by atoms with Gasteiger partial charge in [-0.1, -0.05) is 6.42 Å². The molecule has 0 radical (unpaired) electrons. The summed E-state index contributed by atoms with van der Waals surface area (Å²) in [6.45, 7) is 0.831. The number of nitrogens with zero attached hydrogens (tertiary/aromatic N) is 2. The lowest BCUT2D eigenvalue weighted by atomic mass is 9.85. The Kier molecular flexibility index (Phi) is 3.58. The maximum absolute atomic E-state index is 12.0. The van der Waals surface area contributed by atoms with Crippen LogP contribution >= 0.6 is 0 Å². The summed E-state index contributed by atoms with van der Waals surface area (Å²) >= 11 is 0. The molecule has 0 unspecified atom stereocenters. The fraction of sp³-hybridized carbons (Fsp3) is 0.500. The van der Waals surface area contributed by atoms with Crippen molar-refractivity contribution >= 4 is 11.6 Å². The third-order valence-corrected chi connectivity index (χ3v) is 3.25. The number of pyridine rings is 1. The van der Waals surface area contributed by atoms with Gasteiger partial charge in [-0.2, -0.15) is 0 Å². The fourth-order valence-corrected chi connectivity index (χ4v) is 1.95. The molecule has 1 saturated carbocycles. The first kappa shape index (κ1) is 11.9. The average Bonchev–Trinajstić information content (AvgIpc) is 2.32. The first-order valence-corrected chi connectivity index (χ1v) is 5.89. The van der Waals surface area contributed by atoms with Crippen LogP contribution in [0.1, 0.15) is 29.8 Å². The van der Waals surface area contributed by atoms with Crippen molar-refractivity contribution in [3.05, 3.63) is 24.0 Å². The van der Waals surface area contributed by atoms with Crippen LogP contribution in [0.25, 0.3) is 0 Å². The molecule has 2 rings (SSSR count). The van der Waals surface area contributed by atoms with Crippen molar-refractivity contribution in [3.63, 3.8) is 0 Å². The number of nitrogens with two attached hydrogens (primary N) is 1. The second kappa shape index (κ2) is 5.14. The molecule has 5 nitrogen and oxygen atoms in total. The number of anilines is 1. The van der Waals surface area contributed by atoms with Gasteiger partial charge in [0.05, 0.1) is 11.9 Å². The van der Waals surface area contributed by atoms with E-state index in [1.807, 2.05) is 7.05 Å². The maximum atomic E-state index is 12.0. The van der Waals surface area contributed by atoms with Crippen molar-refractivity contribution in [1.29, 1.82) is 0 Å². The molecule has 1 fully saturated rings. The average molecular weight is 234 g/mol. The molecule has 0 atom stereocenters. The topological polar surface area (TPSA) is 71.2 Å². The van der Waals surface area contributed by atoms with Gasteiger partial charge in [-0.15, -0.1) is 0 Å². The molecule has 0 bridgehead atoms. The van der Waals surface area contributed by atoms with Crippen molar-refractivity contribution < 1.29 is 4.79 Å². The Hall–Kier alpha value is -1.62. The fourth-order valence-electron chi connectivity index (χ4n) is 1.95. The molecule has 92 valence electrons. The number of carbonyl (C=O) groups excluding carboxylic acids is 1. The lowest BCUT2D eigenvalue weighted by molar-refractivity contribution is 0.0739. The molecular formula is C12H18N4O. The summed E-state index contributed by atoms with van der Waals surface area (Å²) < 4.78 is 0. The SMILES string of the molecule is CN(CC1CCC1)C(=O)c1ccc(NN)cn1. The van der Waals surface area contributed by atoms with E-state index in [9.17, 15) is 4.79 Å². The number of nitrogen functional groups attached to an aromatic ring is 1. The first-order chi connectivity index (χ1) is 8.20. The quantitative estimate of drug-likeness (QED) is 0.607. The van der Waals surface area contributed by atoms with Crippen molar-refractivity contribution in [2.24, 2.45) is 11.8 Å². The van der Waals surface area contributed by atoms with Crippen molar-refractivity contribution in [3.8, 4) is 0 Å². The third kappa shape index (κ3) is 2.74. The van der Waals surface area contributed by atoms with Crippen LogP contribution < -0.4 is 11.3 Å². The number of carbonyl (C=O) groups is 1. The van der Waals surface area contributed by atoms with Gasteiger partial charge in [0.15, 0.2) is 0 Å². The number of amides is 1. The molecule has 0 aliphatic heterocycles. The molecule has 1 aromatic rings. The van der Waals surface area contributed by atoms with Crippen molar-refractivity contribution in [1.82, 2.24) is 9.88 Å². The van der Waals surface area contributed by atoms with Crippen LogP contribution in [0.3, 0.4) is 0 Å². The van der Waals surface area contributed by atoms with E-state index in [0.29, 0.717) is 17.3 Å². The van der Waals surface area contributed by atoms with Gasteiger partial charge in [-0.3, -0.25) is 10.6 Å². The summed E-state index contributed by atoms with van der Waals surface area (Å²) in [5.74, 6) is 5.89. The largest absolute Gasteiger partial charge is 0.340 e. The lowest BCUT2D eigenvalue weighted by Crippen LogP contribution is -2.34. The summed E-state index contributed by atoms with van der Waals surface area (Å²) in [7, 11) is 1.83. The molecule has 1 aliphatic carbocycles. The number of hydrogen-bond acceptors (Lipinski definition) is 4. The molecular weight excluding hydrogens is 216 g/mol. The van der Waals surface area contributed by atoms with Crippen molar-refractivity contribution in [2.75, 3.05) is 19.0 Å². The van der Waals surface area contributed by atoms with Gasteiger partial charge < -0.3 is 10.3 Å². The van der Waals surface area contributed by atoms with Gasteiger partial charge >= 0.3 is 0 Å². The standard InChI is InChI=1S/C12H18N4O/c1-16(8-9-3-2-4-9)12(17)11-6-5-10(15-13)7-14-11/h5-7,9,15H,2-4,8,13H2,1H3. The minimum Gasteiger partial charge on any atom is -0.340 e. The molecule has 1 aromatic heterocycles. The van der Waals surface area contributed by atoms with Gasteiger partial charge in [0, 0.05) is 13.6 Å². The molecule has 1 aliphatic rings. The molecule has 1 heterocycles. The van der Waals surface area contributed by atoms with Crippen LogP contribution in [-0.4, -0.2) is 29.4 Å². The summed E-state index contributed by atoms with van der Waals surface area (Å²) in [5, 5.41) is 0. The van der Waals surface area contributed by atoms with E-state index in [1.165, 1.54) is 19.3 Å². The Balaban J connectivity index is 1.96. The summed E-state index contributed by atoms with van der Waals surface area (Å²) in [5.41, 5.74) is 3.65. The van der Waals surface area contributed by atoms with E-state index in [-0.39, 0.29) is 5.91 Å². The Morgan fingerprint density at radius 3 is 2.82 bits per heavy atom. The van der Waals surface area contributed by atoms with E-state index < -0.39 is 0 Å². The summed E-state index contributed by atoms with van der Waals surface area (Å²) in [6.07, 6.45) is 5.33. The Morgan fingerprint density at radius 1 is 1.59 bits per heavy atom. The van der Waals surface area contributed by atoms with E-state index in [2.05, 4.69) is 10.4 Å². The normalized spacial score (nSPS) is 15.2. The zero-order chi connectivity index (χ0) is 12.3. The smallest absolute Gasteiger partial charge is 0.272 e. The van der Waals surface area contributed by atoms with Gasteiger partial charge in [0.1, 0.15) is 5.69 Å². The molecule has 1 amide bonds. The first-order valence-electron chi connectivity index (χ1n) is 5.89. The highest BCUT2D eigenvalue weighted by molar-refractivity contribution is 5.92. The maximum Gasteiger partial charge on any atom is 0.272 e. The van der Waals surface area contributed by atoms with Crippen LogP contribution in [0.4, 0.5) is 5.69 Å². The Labute approximate surface area is 101 Å². The number of rotatable bonds is 4. The molecule has 3 N–H and O–H groups in total. The van der Waals surface area contributed by atoms with Crippen LogP contribution in [0.2, 0.25) is 0 Å². The summed E-state index contributed by atoms with van der Waals surface area (Å²) in [4.78, 5) is 17.9. The van der Waals surface area contributed by atoms with E-state index >= 15 is 0 Å². The molecule has 0 saturated heterocycles. The lowest BCUT2D eigenvalue weighted by Gasteiger charge is -2.29. The van der Waals surface area contributed by atoms with Crippen LogP contribution in [0.15, 0.2) is 18.3 Å². The predicted molar refractivity (Wildman–Crippen MR) is 66.3 cm³/mol. The predicted octanol–water partition coefficient (Wildman–Crippen LogP) is 1.24. The Bertz CT molecular complexity index is 386. The zero-order valence-electron chi connectivity index (χ0n) is 10.0. The number of hydrogen-bond donors (Lipinski definition) is 2. The van der Waals surface area contributed by atoms with E-state index in [4.69, 9.17) is 5.84 Å². The molecule has 0 aromatic carbocycles. The number of hydrazine groups is 1. The molecule has 0 spiro atoms. The van der Waals surface area contributed by atoms with Gasteiger partial charge in [-0.25, -0.2) is 4.98 Å². The minimum absolute atomic E-state index is 0.0273. The second-order valence-electron chi connectivity index (χ2n) is 4.56. The zero-order valence-corrected chi connectivity index (χ0v) is 10.0. The summed E-state index contributed by atoms with van der Waals surface area (Å²) in [6, 6.07) is 3.44. The van der Waals surface area contributed by atoms with Crippen LogP contribution in [0.5, 0.6) is 0 Å². The van der Waals surface area contributed by atoms with Gasteiger partial charge in [0.25, 0.3) is 5.91 Å². The van der Waals surface area contributed by atoms with Gasteiger partial charge in [0.2, 0.25) is 0 Å². The number of aromatic nitrogens is 1. The number of nitrogens with one attached hydrogen (secondary N) is 1. The molecule has 5 heteroatoms. The van der Waals surface area contributed by atoms with Crippen LogP contribution in [0, 0.1) is 5.92 Å². The third-order valence-electron chi connectivity index (χ3n) is 3.25. The van der Waals surface area contributed by atoms with Crippen molar-refractivity contribution in [2.45, 2.75) is 19.3 Å². The van der Waals surface area contributed by atoms with E-state index in [0.717, 1.165) is 6.54 Å². The Morgan fingerprint density at radius 2 is 2.35 bits per heavy atom. The monoisotopic (exact) mass is 234 g/mol. The molecule has 17 heavy (non-hydrogen) atoms. The van der Waals surface area contributed by atoms with Crippen LogP contribution in [-0.2, 0) is 0 Å². The second-order valence-corrected chi connectivity index (χ2v) is 4.56. The minimum atomic E-state index is -0.0273. The van der Waals surface area contributed by atoms with E-state index in [1.54, 1.807) is 23.2 Å². The highest BCUT2D eigenvalue weighted by atomic mass is 16.2. The van der Waals surface area contributed by atoms with Gasteiger partial charge in [-0.05, 0) is 30.9 Å².